The summed E-state index contributed by atoms with van der Waals surface area (Å²) in [5, 5.41) is 0. The fraction of sp³-hybridized carbons (Fsp3) is 0.400. The Morgan fingerprint density at radius 2 is 2.32 bits per heavy atom. The Labute approximate surface area is 188 Å². The van der Waals surface area contributed by atoms with Gasteiger partial charge < -0.3 is 14.2 Å². The van der Waals surface area contributed by atoms with Gasteiger partial charge in [0.25, 0.3) is 5.91 Å². The van der Waals surface area contributed by atoms with Gasteiger partial charge in [-0.05, 0) is 66.1 Å². The fourth-order valence-corrected chi connectivity index (χ4v) is 5.04. The lowest BCUT2D eigenvalue weighted by molar-refractivity contribution is -0.123. The molecule has 0 radical (unpaired) electrons. The zero-order valence-corrected chi connectivity index (χ0v) is 19.2. The number of ether oxygens (including phenoxy) is 3. The quantitative estimate of drug-likeness (QED) is 0.230. The number of hydrogen-bond donors (Lipinski definition) is 0. The smallest absolute Gasteiger partial charge is 0.266 e. The van der Waals surface area contributed by atoms with Gasteiger partial charge in [-0.15, -0.1) is 6.42 Å². The summed E-state index contributed by atoms with van der Waals surface area (Å²) in [5.74, 6) is 3.60. The van der Waals surface area contributed by atoms with E-state index in [0.29, 0.717) is 33.9 Å². The zero-order valence-electron chi connectivity index (χ0n) is 15.4. The summed E-state index contributed by atoms with van der Waals surface area (Å²) in [6.07, 6.45) is 9.20. The van der Waals surface area contributed by atoms with Crippen molar-refractivity contribution in [3.05, 3.63) is 26.2 Å². The molecule has 1 amide bonds. The lowest BCUT2D eigenvalue weighted by atomic mass is 10.1. The van der Waals surface area contributed by atoms with Gasteiger partial charge in [0.2, 0.25) is 0 Å². The number of benzene rings is 1. The largest absolute Gasteiger partial charge is 0.490 e. The van der Waals surface area contributed by atoms with Crippen LogP contribution < -0.4 is 9.47 Å². The van der Waals surface area contributed by atoms with E-state index >= 15 is 0 Å². The van der Waals surface area contributed by atoms with E-state index in [1.54, 1.807) is 4.90 Å². The maximum Gasteiger partial charge on any atom is 0.266 e. The Balaban J connectivity index is 1.83. The summed E-state index contributed by atoms with van der Waals surface area (Å²) >= 11 is 8.91. The van der Waals surface area contributed by atoms with Crippen molar-refractivity contribution in [2.75, 3.05) is 26.4 Å². The van der Waals surface area contributed by atoms with Crippen molar-refractivity contribution in [1.29, 1.82) is 0 Å². The molecule has 8 heteroatoms. The number of hydrogen-bond acceptors (Lipinski definition) is 6. The third-order valence-corrected chi connectivity index (χ3v) is 6.39. The molecule has 1 atom stereocenters. The van der Waals surface area contributed by atoms with Crippen molar-refractivity contribution in [2.24, 2.45) is 0 Å². The van der Waals surface area contributed by atoms with Crippen LogP contribution in [0.25, 0.3) is 6.08 Å². The molecule has 2 saturated heterocycles. The lowest BCUT2D eigenvalue weighted by Gasteiger charge is -2.18. The van der Waals surface area contributed by atoms with Crippen LogP contribution in [0.3, 0.4) is 0 Å². The molecule has 0 unspecified atom stereocenters. The first-order valence-electron chi connectivity index (χ1n) is 8.93. The van der Waals surface area contributed by atoms with Crippen molar-refractivity contribution in [3.63, 3.8) is 0 Å². The first kappa shape index (κ1) is 21.4. The second kappa shape index (κ2) is 9.96. The molecule has 1 aromatic rings. The van der Waals surface area contributed by atoms with Crippen LogP contribution in [0, 0.1) is 15.9 Å². The number of thioether (sulfide) groups is 1. The molecular formula is C20H20INO4S2. The lowest BCUT2D eigenvalue weighted by Crippen LogP contribution is -2.35. The standard InChI is InChI=1S/C20H20INO4S2/c1-3-7-26-18-15(21)9-13(10-16(18)24-4-2)11-17-19(23)22(20(27)28-17)12-14-6-5-8-25-14/h1,9-11,14H,4-8,12H2,2H3/b17-11-/t14-/m1/s1. The van der Waals surface area contributed by atoms with Crippen molar-refractivity contribution in [1.82, 2.24) is 4.90 Å². The second-order valence-corrected chi connectivity index (χ2v) is 9.02. The predicted octanol–water partition coefficient (Wildman–Crippen LogP) is 4.08. The maximum atomic E-state index is 12.8. The Hall–Kier alpha value is -1.28. The summed E-state index contributed by atoms with van der Waals surface area (Å²) in [5.41, 5.74) is 0.846. The van der Waals surface area contributed by atoms with Gasteiger partial charge in [0.15, 0.2) is 11.5 Å². The highest BCUT2D eigenvalue weighted by molar-refractivity contribution is 14.1. The van der Waals surface area contributed by atoms with Crippen molar-refractivity contribution in [2.45, 2.75) is 25.9 Å². The van der Waals surface area contributed by atoms with Crippen LogP contribution in [0.5, 0.6) is 11.5 Å². The van der Waals surface area contributed by atoms with Crippen LogP contribution in [-0.4, -0.2) is 47.6 Å². The predicted molar refractivity (Wildman–Crippen MR) is 124 cm³/mol. The minimum absolute atomic E-state index is 0.0694. The number of amides is 1. The van der Waals surface area contributed by atoms with Gasteiger partial charge in [0.1, 0.15) is 10.9 Å². The molecule has 2 aliphatic heterocycles. The molecule has 2 fully saturated rings. The molecule has 5 nitrogen and oxygen atoms in total. The van der Waals surface area contributed by atoms with Crippen molar-refractivity contribution in [3.8, 4) is 23.8 Å². The minimum atomic E-state index is -0.0777. The SMILES string of the molecule is C#CCOc1c(I)cc(/C=C2\SC(=S)N(C[C@H]3CCCO3)C2=O)cc1OCC. The van der Waals surface area contributed by atoms with E-state index in [-0.39, 0.29) is 18.6 Å². The van der Waals surface area contributed by atoms with E-state index in [0.717, 1.165) is 28.6 Å². The van der Waals surface area contributed by atoms with Crippen LogP contribution in [0.15, 0.2) is 17.0 Å². The molecular weight excluding hydrogens is 509 g/mol. The number of halogens is 1. The zero-order chi connectivity index (χ0) is 20.1. The van der Waals surface area contributed by atoms with Crippen molar-refractivity contribution >= 4 is 62.9 Å². The molecule has 28 heavy (non-hydrogen) atoms. The Bertz CT molecular complexity index is 843. The average molecular weight is 529 g/mol. The van der Waals surface area contributed by atoms with Crippen LogP contribution in [0.2, 0.25) is 0 Å². The second-order valence-electron chi connectivity index (χ2n) is 6.18. The minimum Gasteiger partial charge on any atom is -0.490 e. The number of carbonyl (C=O) groups excluding carboxylic acids is 1. The molecule has 3 rings (SSSR count). The van der Waals surface area contributed by atoms with E-state index in [4.69, 9.17) is 32.9 Å². The highest BCUT2D eigenvalue weighted by Gasteiger charge is 2.34. The van der Waals surface area contributed by atoms with Crippen LogP contribution in [0.1, 0.15) is 25.3 Å². The number of carbonyl (C=O) groups is 1. The van der Waals surface area contributed by atoms with Gasteiger partial charge in [0, 0.05) is 6.61 Å². The van der Waals surface area contributed by atoms with Gasteiger partial charge in [0.05, 0.1) is 27.7 Å². The van der Waals surface area contributed by atoms with Gasteiger partial charge in [-0.1, -0.05) is 29.9 Å². The van der Waals surface area contributed by atoms with E-state index < -0.39 is 0 Å². The molecule has 2 aliphatic rings. The highest BCUT2D eigenvalue weighted by Crippen LogP contribution is 2.38. The summed E-state index contributed by atoms with van der Waals surface area (Å²) in [6, 6.07) is 3.78. The number of thiocarbonyl (C=S) groups is 1. The Kier molecular flexibility index (Phi) is 7.62. The van der Waals surface area contributed by atoms with E-state index in [9.17, 15) is 4.79 Å². The molecule has 0 bridgehead atoms. The van der Waals surface area contributed by atoms with Crippen LogP contribution >= 0.6 is 46.6 Å². The topological polar surface area (TPSA) is 48.0 Å². The van der Waals surface area contributed by atoms with E-state index in [1.165, 1.54) is 11.8 Å². The van der Waals surface area contributed by atoms with Crippen molar-refractivity contribution < 1.29 is 19.0 Å². The van der Waals surface area contributed by atoms with Gasteiger partial charge >= 0.3 is 0 Å². The molecule has 0 saturated carbocycles. The fourth-order valence-electron chi connectivity index (χ4n) is 2.99. The van der Waals surface area contributed by atoms with Gasteiger partial charge in [-0.25, -0.2) is 0 Å². The molecule has 148 valence electrons. The Morgan fingerprint density at radius 1 is 1.50 bits per heavy atom. The molecule has 2 heterocycles. The summed E-state index contributed by atoms with van der Waals surface area (Å²) < 4.78 is 18.4. The van der Waals surface area contributed by atoms with E-state index in [1.807, 2.05) is 25.1 Å². The highest BCUT2D eigenvalue weighted by atomic mass is 127. The molecule has 0 aromatic heterocycles. The normalized spacial score (nSPS) is 20.7. The maximum absolute atomic E-state index is 12.8. The third-order valence-electron chi connectivity index (χ3n) is 4.21. The third kappa shape index (κ3) is 5.00. The number of nitrogens with zero attached hydrogens (tertiary/aromatic N) is 1. The first-order valence-corrected chi connectivity index (χ1v) is 11.2. The average Bonchev–Trinajstić information content (AvgIpc) is 3.26. The first-order chi connectivity index (χ1) is 13.5. The van der Waals surface area contributed by atoms with E-state index in [2.05, 4.69) is 28.5 Å². The van der Waals surface area contributed by atoms with Gasteiger partial charge in [-0.3, -0.25) is 9.69 Å². The van der Waals surface area contributed by atoms with Crippen LogP contribution in [-0.2, 0) is 9.53 Å². The molecule has 1 aromatic carbocycles. The van der Waals surface area contributed by atoms with Crippen LogP contribution in [0.4, 0.5) is 0 Å². The Morgan fingerprint density at radius 3 is 3.00 bits per heavy atom. The summed E-state index contributed by atoms with van der Waals surface area (Å²) in [4.78, 5) is 15.1. The number of rotatable bonds is 7. The monoisotopic (exact) mass is 529 g/mol. The van der Waals surface area contributed by atoms with Gasteiger partial charge in [-0.2, -0.15) is 0 Å². The molecule has 0 aliphatic carbocycles. The molecule has 0 spiro atoms. The number of terminal acetylenes is 1. The molecule has 0 N–H and O–H groups in total. The summed E-state index contributed by atoms with van der Waals surface area (Å²) in [7, 11) is 0. The summed E-state index contributed by atoms with van der Waals surface area (Å²) in [6.45, 7) is 3.83.